The Hall–Kier alpha value is -3.62. The number of aryl methyl sites for hydroxylation is 1. The van der Waals surface area contributed by atoms with Gasteiger partial charge in [-0.3, -0.25) is 14.9 Å². The molecule has 1 amide bonds. The van der Waals surface area contributed by atoms with Crippen molar-refractivity contribution in [3.05, 3.63) is 70.0 Å². The van der Waals surface area contributed by atoms with E-state index in [1.54, 1.807) is 18.2 Å². The van der Waals surface area contributed by atoms with Gasteiger partial charge in [0.25, 0.3) is 11.6 Å². The third kappa shape index (κ3) is 3.09. The van der Waals surface area contributed by atoms with E-state index in [0.717, 1.165) is 11.3 Å². The number of nitrogens with zero attached hydrogens (tertiary/aromatic N) is 5. The van der Waals surface area contributed by atoms with E-state index < -0.39 is 4.92 Å². The average Bonchev–Trinajstić information content (AvgIpc) is 3.09. The number of benzene rings is 2. The fraction of sp³-hybridized carbons (Fsp3) is 0.0667. The second-order valence-corrected chi connectivity index (χ2v) is 5.01. The number of aromatic nitrogens is 4. The van der Waals surface area contributed by atoms with Crippen LogP contribution in [0, 0.1) is 17.0 Å². The van der Waals surface area contributed by atoms with Crippen LogP contribution in [0.15, 0.2) is 48.8 Å². The van der Waals surface area contributed by atoms with Crippen LogP contribution in [0.25, 0.3) is 5.69 Å². The van der Waals surface area contributed by atoms with Crippen molar-refractivity contribution in [2.24, 2.45) is 0 Å². The SMILES string of the molecule is Cc1cc(NC(=O)c2ccc([N+](=O)[O-])cc2)ccc1-n1cnnn1. The van der Waals surface area contributed by atoms with Gasteiger partial charge in [0, 0.05) is 23.4 Å². The van der Waals surface area contributed by atoms with Gasteiger partial charge in [0.1, 0.15) is 6.33 Å². The number of rotatable bonds is 4. The molecule has 0 aliphatic rings. The van der Waals surface area contributed by atoms with Gasteiger partial charge in [0.15, 0.2) is 0 Å². The molecule has 9 heteroatoms. The first kappa shape index (κ1) is 15.3. The van der Waals surface area contributed by atoms with Crippen molar-refractivity contribution in [1.29, 1.82) is 0 Å². The number of non-ortho nitro benzene ring substituents is 1. The highest BCUT2D eigenvalue weighted by atomic mass is 16.6. The van der Waals surface area contributed by atoms with E-state index in [-0.39, 0.29) is 11.6 Å². The minimum atomic E-state index is -0.511. The predicted octanol–water partition coefficient (Wildman–Crippen LogP) is 2.13. The summed E-state index contributed by atoms with van der Waals surface area (Å²) < 4.78 is 1.53. The van der Waals surface area contributed by atoms with Crippen LogP contribution in [0.3, 0.4) is 0 Å². The number of amides is 1. The highest BCUT2D eigenvalue weighted by Crippen LogP contribution is 2.19. The van der Waals surface area contributed by atoms with Crippen molar-refractivity contribution >= 4 is 17.3 Å². The minimum Gasteiger partial charge on any atom is -0.322 e. The second kappa shape index (κ2) is 6.24. The Balaban J connectivity index is 1.77. The van der Waals surface area contributed by atoms with Gasteiger partial charge in [-0.15, -0.1) is 5.10 Å². The summed E-state index contributed by atoms with van der Waals surface area (Å²) in [6.45, 7) is 1.87. The van der Waals surface area contributed by atoms with E-state index in [1.807, 2.05) is 6.92 Å². The molecule has 24 heavy (non-hydrogen) atoms. The topological polar surface area (TPSA) is 116 Å². The Morgan fingerprint density at radius 1 is 1.21 bits per heavy atom. The van der Waals surface area contributed by atoms with Gasteiger partial charge in [-0.25, -0.2) is 4.68 Å². The molecule has 0 radical (unpaired) electrons. The standard InChI is InChI=1S/C15H12N6O3/c1-10-8-12(4-7-14(10)20-9-16-18-19-20)17-15(22)11-2-5-13(6-3-11)21(23)24/h2-9H,1H3,(H,17,22). The lowest BCUT2D eigenvalue weighted by Gasteiger charge is -2.09. The molecule has 1 N–H and O–H groups in total. The number of carbonyl (C=O) groups is 1. The number of tetrazole rings is 1. The molecular weight excluding hydrogens is 312 g/mol. The molecule has 0 atom stereocenters. The number of anilines is 1. The van der Waals surface area contributed by atoms with Crippen LogP contribution in [0.5, 0.6) is 0 Å². The van der Waals surface area contributed by atoms with E-state index in [0.29, 0.717) is 11.3 Å². The lowest BCUT2D eigenvalue weighted by molar-refractivity contribution is -0.384. The molecule has 2 aromatic carbocycles. The van der Waals surface area contributed by atoms with E-state index >= 15 is 0 Å². The maximum Gasteiger partial charge on any atom is 0.269 e. The molecule has 0 unspecified atom stereocenters. The molecule has 0 spiro atoms. The van der Waals surface area contributed by atoms with Crippen molar-refractivity contribution in [3.63, 3.8) is 0 Å². The predicted molar refractivity (Wildman–Crippen MR) is 84.9 cm³/mol. The number of nitrogens with one attached hydrogen (secondary N) is 1. The first-order chi connectivity index (χ1) is 11.5. The van der Waals surface area contributed by atoms with Crippen LogP contribution in [-0.2, 0) is 0 Å². The van der Waals surface area contributed by atoms with Crippen molar-refractivity contribution in [1.82, 2.24) is 20.2 Å². The maximum atomic E-state index is 12.2. The van der Waals surface area contributed by atoms with Gasteiger partial charge in [-0.2, -0.15) is 0 Å². The van der Waals surface area contributed by atoms with E-state index in [1.165, 1.54) is 35.3 Å². The molecule has 3 rings (SSSR count). The Morgan fingerprint density at radius 3 is 2.54 bits per heavy atom. The van der Waals surface area contributed by atoms with Gasteiger partial charge in [-0.05, 0) is 53.2 Å². The van der Waals surface area contributed by atoms with E-state index in [9.17, 15) is 14.9 Å². The van der Waals surface area contributed by atoms with Crippen LogP contribution in [0.1, 0.15) is 15.9 Å². The molecule has 0 aliphatic heterocycles. The van der Waals surface area contributed by atoms with Crippen molar-refractivity contribution < 1.29 is 9.72 Å². The van der Waals surface area contributed by atoms with Gasteiger partial charge in [-0.1, -0.05) is 0 Å². The average molecular weight is 324 g/mol. The Morgan fingerprint density at radius 2 is 1.96 bits per heavy atom. The quantitative estimate of drug-likeness (QED) is 0.580. The summed E-state index contributed by atoms with van der Waals surface area (Å²) in [5.74, 6) is -0.348. The maximum absolute atomic E-state index is 12.2. The third-order valence-electron chi connectivity index (χ3n) is 3.39. The smallest absolute Gasteiger partial charge is 0.269 e. The van der Waals surface area contributed by atoms with Crippen LogP contribution in [0.4, 0.5) is 11.4 Å². The van der Waals surface area contributed by atoms with Crippen LogP contribution in [0.2, 0.25) is 0 Å². The van der Waals surface area contributed by atoms with Crippen molar-refractivity contribution in [3.8, 4) is 5.69 Å². The first-order valence-corrected chi connectivity index (χ1v) is 6.94. The minimum absolute atomic E-state index is 0.0619. The Kier molecular flexibility index (Phi) is 3.98. The zero-order valence-electron chi connectivity index (χ0n) is 12.6. The molecule has 0 bridgehead atoms. The largest absolute Gasteiger partial charge is 0.322 e. The lowest BCUT2D eigenvalue weighted by atomic mass is 10.1. The summed E-state index contributed by atoms with van der Waals surface area (Å²) in [7, 11) is 0. The number of carbonyl (C=O) groups excluding carboxylic acids is 1. The molecule has 1 aromatic heterocycles. The van der Waals surface area contributed by atoms with E-state index in [4.69, 9.17) is 0 Å². The number of nitro benzene ring substituents is 1. The normalized spacial score (nSPS) is 10.4. The molecule has 120 valence electrons. The summed E-state index contributed by atoms with van der Waals surface area (Å²) in [6, 6.07) is 10.7. The second-order valence-electron chi connectivity index (χ2n) is 5.01. The van der Waals surface area contributed by atoms with Gasteiger partial charge >= 0.3 is 0 Å². The fourth-order valence-corrected chi connectivity index (χ4v) is 2.20. The summed E-state index contributed by atoms with van der Waals surface area (Å²) in [6.07, 6.45) is 1.48. The molecule has 0 aliphatic carbocycles. The number of hydrogen-bond acceptors (Lipinski definition) is 6. The monoisotopic (exact) mass is 324 g/mol. The zero-order chi connectivity index (χ0) is 17.1. The lowest BCUT2D eigenvalue weighted by Crippen LogP contribution is -2.12. The fourth-order valence-electron chi connectivity index (χ4n) is 2.20. The molecular formula is C15H12N6O3. The Labute approximate surface area is 136 Å². The third-order valence-corrected chi connectivity index (χ3v) is 3.39. The summed E-state index contributed by atoms with van der Waals surface area (Å²) in [4.78, 5) is 22.3. The van der Waals surface area contributed by atoms with Crippen LogP contribution >= 0.6 is 0 Å². The molecule has 0 fully saturated rings. The molecule has 3 aromatic rings. The molecule has 0 saturated heterocycles. The van der Waals surface area contributed by atoms with Crippen LogP contribution < -0.4 is 5.32 Å². The van der Waals surface area contributed by atoms with Gasteiger partial charge in [0.2, 0.25) is 0 Å². The first-order valence-electron chi connectivity index (χ1n) is 6.94. The van der Waals surface area contributed by atoms with Crippen molar-refractivity contribution in [2.45, 2.75) is 6.92 Å². The molecule has 1 heterocycles. The van der Waals surface area contributed by atoms with Gasteiger partial charge in [0.05, 0.1) is 10.6 Å². The van der Waals surface area contributed by atoms with Crippen LogP contribution in [-0.4, -0.2) is 31.0 Å². The zero-order valence-corrected chi connectivity index (χ0v) is 12.6. The Bertz CT molecular complexity index is 890. The van der Waals surface area contributed by atoms with E-state index in [2.05, 4.69) is 20.8 Å². The number of hydrogen-bond donors (Lipinski definition) is 1. The summed E-state index contributed by atoms with van der Waals surface area (Å²) in [5.41, 5.74) is 2.56. The highest BCUT2D eigenvalue weighted by Gasteiger charge is 2.11. The summed E-state index contributed by atoms with van der Waals surface area (Å²) in [5, 5.41) is 24.4. The van der Waals surface area contributed by atoms with Gasteiger partial charge < -0.3 is 5.32 Å². The summed E-state index contributed by atoms with van der Waals surface area (Å²) >= 11 is 0. The number of nitro groups is 1. The highest BCUT2D eigenvalue weighted by molar-refractivity contribution is 6.04. The molecule has 9 nitrogen and oxygen atoms in total. The molecule has 0 saturated carbocycles. The van der Waals surface area contributed by atoms with Crippen molar-refractivity contribution in [2.75, 3.05) is 5.32 Å².